The highest BCUT2D eigenvalue weighted by Gasteiger charge is 2.14. The zero-order valence-electron chi connectivity index (χ0n) is 11.5. The van der Waals surface area contributed by atoms with Gasteiger partial charge >= 0.3 is 0 Å². The van der Waals surface area contributed by atoms with E-state index < -0.39 is 5.76 Å². The molecule has 1 aliphatic rings. The maximum absolute atomic E-state index is 12.1. The third-order valence-electron chi connectivity index (χ3n) is 3.46. The van der Waals surface area contributed by atoms with Gasteiger partial charge in [-0.15, -0.1) is 11.3 Å². The van der Waals surface area contributed by atoms with Crippen molar-refractivity contribution in [2.24, 2.45) is 0 Å². The summed E-state index contributed by atoms with van der Waals surface area (Å²) in [5, 5.41) is 3.35. The van der Waals surface area contributed by atoms with Crippen molar-refractivity contribution >= 4 is 23.1 Å². The van der Waals surface area contributed by atoms with Crippen LogP contribution < -0.4 is 5.32 Å². The number of thiophene rings is 1. The number of rotatable bonds is 7. The lowest BCUT2D eigenvalue weighted by atomic mass is 10.2. The maximum Gasteiger partial charge on any atom is 0.284 e. The van der Waals surface area contributed by atoms with Gasteiger partial charge in [0.1, 0.15) is 11.5 Å². The summed E-state index contributed by atoms with van der Waals surface area (Å²) in [6, 6.07) is 5.92. The molecule has 114 valence electrons. The summed E-state index contributed by atoms with van der Waals surface area (Å²) in [6.07, 6.45) is 3.74. The Balaban J connectivity index is 1.44. The van der Waals surface area contributed by atoms with E-state index in [1.807, 2.05) is 17.4 Å². The summed E-state index contributed by atoms with van der Waals surface area (Å²) < 4.78 is 29.7. The van der Waals surface area contributed by atoms with Crippen LogP contribution in [0.4, 0.5) is 8.78 Å². The summed E-state index contributed by atoms with van der Waals surface area (Å²) in [7, 11) is 0. The first kappa shape index (κ1) is 15.1. The van der Waals surface area contributed by atoms with E-state index in [-0.39, 0.29) is 5.75 Å². The predicted molar refractivity (Wildman–Crippen MR) is 82.9 cm³/mol. The van der Waals surface area contributed by atoms with Crippen molar-refractivity contribution in [3.05, 3.63) is 45.0 Å². The van der Waals surface area contributed by atoms with Crippen molar-refractivity contribution in [2.45, 2.75) is 43.9 Å². The minimum Gasteiger partial charge on any atom is -0.464 e. The number of hydrogen-bond acceptors (Lipinski definition) is 4. The first-order valence-electron chi connectivity index (χ1n) is 6.99. The lowest BCUT2D eigenvalue weighted by Gasteiger charge is -2.01. The molecule has 0 saturated heterocycles. The molecule has 0 unspecified atom stereocenters. The van der Waals surface area contributed by atoms with E-state index in [9.17, 15) is 8.78 Å². The standard InChI is InChI=1S/C15H17F2NOS2/c16-15(17)20-9-12-5-4-11(19-12)7-18-8-13-6-10-2-1-3-14(10)21-13/h4-6,15,18H,1-3,7-9H2. The van der Waals surface area contributed by atoms with E-state index in [0.29, 0.717) is 24.1 Å². The summed E-state index contributed by atoms with van der Waals surface area (Å²) in [6.45, 7) is 1.46. The number of hydrogen-bond donors (Lipinski definition) is 1. The molecule has 2 aromatic heterocycles. The molecule has 2 aromatic rings. The highest BCUT2D eigenvalue weighted by atomic mass is 32.2. The van der Waals surface area contributed by atoms with E-state index in [2.05, 4.69) is 11.4 Å². The van der Waals surface area contributed by atoms with E-state index in [0.717, 1.165) is 12.3 Å². The molecule has 6 heteroatoms. The van der Waals surface area contributed by atoms with Gasteiger partial charge in [0.2, 0.25) is 0 Å². The molecule has 0 aliphatic heterocycles. The fraction of sp³-hybridized carbons (Fsp3) is 0.467. The third-order valence-corrected chi connectivity index (χ3v) is 5.41. The van der Waals surface area contributed by atoms with Gasteiger partial charge in [0, 0.05) is 16.3 Å². The third kappa shape index (κ3) is 4.08. The molecule has 1 N–H and O–H groups in total. The summed E-state index contributed by atoms with van der Waals surface area (Å²) in [5.74, 6) is -0.733. The Morgan fingerprint density at radius 2 is 2.10 bits per heavy atom. The van der Waals surface area contributed by atoms with Crippen LogP contribution in [0, 0.1) is 0 Å². The minimum absolute atomic E-state index is 0.218. The van der Waals surface area contributed by atoms with Gasteiger partial charge in [0.05, 0.1) is 12.3 Å². The Bertz CT molecular complexity index is 573. The number of halogens is 2. The molecular weight excluding hydrogens is 312 g/mol. The fourth-order valence-corrected chi connectivity index (χ4v) is 4.20. The maximum atomic E-state index is 12.1. The normalized spacial score (nSPS) is 14.0. The average molecular weight is 329 g/mol. The molecule has 0 spiro atoms. The molecular formula is C15H17F2NOS2. The van der Waals surface area contributed by atoms with Gasteiger partial charge in [-0.05, 0) is 43.0 Å². The van der Waals surface area contributed by atoms with E-state index >= 15 is 0 Å². The Labute approximate surface area is 130 Å². The van der Waals surface area contributed by atoms with Crippen LogP contribution in [0.3, 0.4) is 0 Å². The number of alkyl halides is 2. The predicted octanol–water partition coefficient (Wildman–Crippen LogP) is 4.58. The second-order valence-corrected chi connectivity index (χ2v) is 7.26. The topological polar surface area (TPSA) is 25.2 Å². The van der Waals surface area contributed by atoms with Crippen LogP contribution in [0.25, 0.3) is 0 Å². The molecule has 21 heavy (non-hydrogen) atoms. The lowest BCUT2D eigenvalue weighted by molar-refractivity contribution is 0.251. The van der Waals surface area contributed by atoms with Gasteiger partial charge in [0.15, 0.2) is 0 Å². The number of thioether (sulfide) groups is 1. The Morgan fingerprint density at radius 1 is 1.24 bits per heavy atom. The van der Waals surface area contributed by atoms with E-state index in [1.54, 1.807) is 6.07 Å². The monoisotopic (exact) mass is 329 g/mol. The Morgan fingerprint density at radius 3 is 2.90 bits per heavy atom. The molecule has 2 heterocycles. The van der Waals surface area contributed by atoms with Gasteiger partial charge in [-0.2, -0.15) is 8.78 Å². The molecule has 1 aliphatic carbocycles. The molecule has 2 nitrogen and oxygen atoms in total. The number of fused-ring (bicyclic) bond motifs is 1. The minimum atomic E-state index is -2.35. The summed E-state index contributed by atoms with van der Waals surface area (Å²) in [4.78, 5) is 2.90. The SMILES string of the molecule is FC(F)SCc1ccc(CNCc2cc3c(s2)CCC3)o1. The highest BCUT2D eigenvalue weighted by Crippen LogP contribution is 2.30. The lowest BCUT2D eigenvalue weighted by Crippen LogP contribution is -2.11. The Kier molecular flexibility index (Phi) is 4.98. The van der Waals surface area contributed by atoms with E-state index in [4.69, 9.17) is 4.42 Å². The number of aryl methyl sites for hydroxylation is 2. The fourth-order valence-electron chi connectivity index (χ4n) is 2.53. The zero-order valence-corrected chi connectivity index (χ0v) is 13.2. The van der Waals surface area contributed by atoms with Crippen LogP contribution in [0.1, 0.15) is 33.3 Å². The summed E-state index contributed by atoms with van der Waals surface area (Å²) in [5.41, 5.74) is 1.51. The first-order valence-corrected chi connectivity index (χ1v) is 8.86. The molecule has 0 aromatic carbocycles. The second-order valence-electron chi connectivity index (χ2n) is 5.06. The first-order chi connectivity index (χ1) is 10.2. The van der Waals surface area contributed by atoms with Crippen LogP contribution in [-0.2, 0) is 31.7 Å². The van der Waals surface area contributed by atoms with Gasteiger partial charge in [-0.25, -0.2) is 0 Å². The van der Waals surface area contributed by atoms with Crippen LogP contribution in [-0.4, -0.2) is 5.76 Å². The molecule has 0 radical (unpaired) electrons. The van der Waals surface area contributed by atoms with Crippen molar-refractivity contribution in [1.82, 2.24) is 5.32 Å². The highest BCUT2D eigenvalue weighted by molar-refractivity contribution is 7.98. The zero-order chi connectivity index (χ0) is 14.7. The van der Waals surface area contributed by atoms with E-state index in [1.165, 1.54) is 34.6 Å². The van der Waals surface area contributed by atoms with Crippen LogP contribution in [0.2, 0.25) is 0 Å². The second kappa shape index (κ2) is 6.94. The van der Waals surface area contributed by atoms with Crippen LogP contribution in [0.5, 0.6) is 0 Å². The average Bonchev–Trinajstić information content (AvgIpc) is 3.11. The quantitative estimate of drug-likeness (QED) is 0.805. The molecule has 0 atom stereocenters. The van der Waals surface area contributed by atoms with Gasteiger partial charge in [-0.3, -0.25) is 0 Å². The van der Waals surface area contributed by atoms with Gasteiger partial charge in [0.25, 0.3) is 5.76 Å². The number of furan rings is 1. The molecule has 0 bridgehead atoms. The van der Waals surface area contributed by atoms with Gasteiger partial charge in [-0.1, -0.05) is 11.8 Å². The van der Waals surface area contributed by atoms with Crippen LogP contribution >= 0.6 is 23.1 Å². The Hall–Kier alpha value is -0.850. The van der Waals surface area contributed by atoms with Crippen molar-refractivity contribution in [3.8, 4) is 0 Å². The molecule has 0 fully saturated rings. The van der Waals surface area contributed by atoms with Crippen molar-refractivity contribution < 1.29 is 13.2 Å². The smallest absolute Gasteiger partial charge is 0.284 e. The van der Waals surface area contributed by atoms with Crippen molar-refractivity contribution in [3.63, 3.8) is 0 Å². The molecule has 0 amide bonds. The summed E-state index contributed by atoms with van der Waals surface area (Å²) >= 11 is 2.48. The number of nitrogens with one attached hydrogen (secondary N) is 1. The molecule has 0 saturated carbocycles. The van der Waals surface area contributed by atoms with Gasteiger partial charge < -0.3 is 9.73 Å². The molecule has 3 rings (SSSR count). The van der Waals surface area contributed by atoms with Crippen molar-refractivity contribution in [1.29, 1.82) is 0 Å². The van der Waals surface area contributed by atoms with Crippen LogP contribution in [0.15, 0.2) is 22.6 Å². The van der Waals surface area contributed by atoms with Crippen molar-refractivity contribution in [2.75, 3.05) is 0 Å². The largest absolute Gasteiger partial charge is 0.464 e.